The molecule has 4 heterocycles. The summed E-state index contributed by atoms with van der Waals surface area (Å²) in [4.78, 5) is 35.8. The van der Waals surface area contributed by atoms with Gasteiger partial charge in [-0.2, -0.15) is 10.4 Å². The van der Waals surface area contributed by atoms with E-state index in [0.29, 0.717) is 59.6 Å². The highest BCUT2D eigenvalue weighted by Crippen LogP contribution is 2.39. The van der Waals surface area contributed by atoms with E-state index in [9.17, 15) is 23.6 Å². The Morgan fingerprint density at radius 2 is 1.95 bits per heavy atom. The van der Waals surface area contributed by atoms with E-state index in [4.69, 9.17) is 9.47 Å². The van der Waals surface area contributed by atoms with Crippen molar-refractivity contribution < 1.29 is 23.0 Å². The smallest absolute Gasteiger partial charge is 0.275 e. The predicted molar refractivity (Wildman–Crippen MR) is 140 cm³/mol. The normalized spacial score (nSPS) is 16.4. The minimum atomic E-state index is -2.68. The zero-order valence-electron chi connectivity index (χ0n) is 21.5. The number of hydrogen-bond donors (Lipinski definition) is 1. The number of rotatable bonds is 7. The van der Waals surface area contributed by atoms with Gasteiger partial charge in [-0.15, -0.1) is 0 Å². The van der Waals surface area contributed by atoms with Gasteiger partial charge in [-0.3, -0.25) is 9.59 Å². The number of carbonyl (C=O) groups excluding carboxylic acids is 1. The van der Waals surface area contributed by atoms with Gasteiger partial charge in [0.05, 0.1) is 34.1 Å². The lowest BCUT2D eigenvalue weighted by Crippen LogP contribution is -2.61. The fraction of sp³-hybridized carbons (Fsp3) is 0.393. The first-order valence-corrected chi connectivity index (χ1v) is 13.0. The Balaban J connectivity index is 1.28. The highest BCUT2D eigenvalue weighted by molar-refractivity contribution is 5.85. The number of nitrogens with zero attached hydrogens (tertiary/aromatic N) is 5. The van der Waals surface area contributed by atoms with E-state index >= 15 is 0 Å². The first kappa shape index (κ1) is 25.9. The van der Waals surface area contributed by atoms with Crippen molar-refractivity contribution in [2.75, 3.05) is 32.9 Å². The molecule has 0 bridgehead atoms. The van der Waals surface area contributed by atoms with E-state index in [2.05, 4.69) is 15.1 Å². The van der Waals surface area contributed by atoms with E-state index in [1.165, 1.54) is 16.8 Å². The van der Waals surface area contributed by atoms with E-state index in [0.717, 1.165) is 12.8 Å². The van der Waals surface area contributed by atoms with Crippen molar-refractivity contribution in [2.45, 2.75) is 32.2 Å². The van der Waals surface area contributed by atoms with Crippen LogP contribution in [0.25, 0.3) is 21.8 Å². The number of hydrogen-bond acceptors (Lipinski definition) is 7. The summed E-state index contributed by atoms with van der Waals surface area (Å²) in [5, 5.41) is 15.1. The van der Waals surface area contributed by atoms with Gasteiger partial charge in [-0.25, -0.2) is 18.4 Å². The van der Waals surface area contributed by atoms with Gasteiger partial charge in [0.25, 0.3) is 12.0 Å². The van der Waals surface area contributed by atoms with Crippen LogP contribution < -0.4 is 10.3 Å². The second-order valence-electron chi connectivity index (χ2n) is 10.4. The lowest BCUT2D eigenvalue weighted by Gasteiger charge is -2.52. The Morgan fingerprint density at radius 3 is 2.67 bits per heavy atom. The number of nitriles is 1. The minimum absolute atomic E-state index is 0.0255. The van der Waals surface area contributed by atoms with Crippen LogP contribution in [0, 0.1) is 16.7 Å². The van der Waals surface area contributed by atoms with E-state index < -0.39 is 13.0 Å². The molecule has 2 fully saturated rings. The lowest BCUT2D eigenvalue weighted by molar-refractivity contribution is -0.151. The van der Waals surface area contributed by atoms with E-state index in [1.807, 2.05) is 6.07 Å². The number of ether oxygens (including phenoxy) is 2. The number of halogens is 2. The molecule has 6 rings (SSSR count). The number of H-pyrrole nitrogens is 1. The maximum Gasteiger partial charge on any atom is 0.275 e. The van der Waals surface area contributed by atoms with Gasteiger partial charge >= 0.3 is 0 Å². The number of nitrogens with one attached hydrogen (secondary N) is 1. The zero-order chi connectivity index (χ0) is 27.9. The molecule has 0 atom stereocenters. The molecule has 2 aromatic carbocycles. The van der Waals surface area contributed by atoms with Gasteiger partial charge in [0.1, 0.15) is 30.8 Å². The predicted octanol–water partition coefficient (Wildman–Crippen LogP) is 3.02. The maximum absolute atomic E-state index is 13.2. The van der Waals surface area contributed by atoms with Crippen LogP contribution in [0.3, 0.4) is 0 Å². The standard InChI is InChI=1S/C28H26F2N6O4/c29-24(30)14-40-23-10-22-21(9-17(23)12-31)32-25(33-22)11-20-18-3-1-2-4-19(18)27(38)36(34-20)13-26(37)35-15-28(16-35)5-7-39-8-6-28/h1-4,9-10,24H,5-8,11,13-16H2,(H,32,33). The summed E-state index contributed by atoms with van der Waals surface area (Å²) in [5.74, 6) is 0.359. The van der Waals surface area contributed by atoms with Crippen molar-refractivity contribution in [1.29, 1.82) is 5.26 Å². The summed E-state index contributed by atoms with van der Waals surface area (Å²) in [5.41, 5.74) is 1.39. The van der Waals surface area contributed by atoms with Crippen molar-refractivity contribution in [3.8, 4) is 11.8 Å². The molecule has 2 aliphatic rings. The summed E-state index contributed by atoms with van der Waals surface area (Å²) >= 11 is 0. The monoisotopic (exact) mass is 548 g/mol. The molecule has 1 N–H and O–H groups in total. The summed E-state index contributed by atoms with van der Waals surface area (Å²) in [6.07, 6.45) is -0.612. The van der Waals surface area contributed by atoms with Crippen LogP contribution in [0.5, 0.6) is 5.75 Å². The van der Waals surface area contributed by atoms with Crippen LogP contribution in [-0.2, 0) is 22.5 Å². The largest absolute Gasteiger partial charge is 0.486 e. The Bertz CT molecular complexity index is 1690. The molecule has 1 amide bonds. The summed E-state index contributed by atoms with van der Waals surface area (Å²) in [6, 6.07) is 12.0. The van der Waals surface area contributed by atoms with Crippen LogP contribution in [0.2, 0.25) is 0 Å². The molecule has 4 aromatic rings. The number of aromatic nitrogens is 4. The molecule has 1 spiro atoms. The van der Waals surface area contributed by atoms with Crippen molar-refractivity contribution in [2.24, 2.45) is 5.41 Å². The molecule has 0 saturated carbocycles. The Morgan fingerprint density at radius 1 is 1.20 bits per heavy atom. The van der Waals surface area contributed by atoms with Gasteiger partial charge in [0.15, 0.2) is 0 Å². The first-order valence-electron chi connectivity index (χ1n) is 13.0. The SMILES string of the molecule is N#Cc1cc2[nH]c(Cc3nn(CC(=O)N4CC5(CCOCC5)C4)c(=O)c4ccccc34)nc2cc1OCC(F)F. The van der Waals surface area contributed by atoms with Crippen molar-refractivity contribution in [3.63, 3.8) is 0 Å². The molecule has 2 aromatic heterocycles. The fourth-order valence-corrected chi connectivity index (χ4v) is 5.52. The van der Waals surface area contributed by atoms with Gasteiger partial charge in [-0.1, -0.05) is 18.2 Å². The summed E-state index contributed by atoms with van der Waals surface area (Å²) < 4.78 is 37.1. The lowest BCUT2D eigenvalue weighted by atomic mass is 9.73. The number of amides is 1. The Hall–Kier alpha value is -4.37. The van der Waals surface area contributed by atoms with Gasteiger partial charge < -0.3 is 19.4 Å². The Kier molecular flexibility index (Phi) is 6.67. The number of benzene rings is 2. The molecular formula is C28H26F2N6O4. The van der Waals surface area contributed by atoms with Crippen molar-refractivity contribution in [3.05, 3.63) is 63.8 Å². The number of alkyl halides is 2. The highest BCUT2D eigenvalue weighted by atomic mass is 19.3. The maximum atomic E-state index is 13.2. The van der Waals surface area contributed by atoms with Gasteiger partial charge in [-0.05, 0) is 25.0 Å². The number of fused-ring (bicyclic) bond motifs is 2. The van der Waals surface area contributed by atoms with Crippen LogP contribution >= 0.6 is 0 Å². The number of likely N-dealkylation sites (tertiary alicyclic amines) is 1. The molecular weight excluding hydrogens is 522 g/mol. The Labute approximate surface area is 227 Å². The second kappa shape index (κ2) is 10.3. The fourth-order valence-electron chi connectivity index (χ4n) is 5.52. The molecule has 40 heavy (non-hydrogen) atoms. The number of imidazole rings is 1. The quantitative estimate of drug-likeness (QED) is 0.376. The third kappa shape index (κ3) is 4.88. The molecule has 206 valence electrons. The van der Waals surface area contributed by atoms with Crippen LogP contribution in [0.4, 0.5) is 8.78 Å². The minimum Gasteiger partial charge on any atom is -0.486 e. The molecule has 12 heteroatoms. The first-order chi connectivity index (χ1) is 19.3. The molecule has 0 aliphatic carbocycles. The molecule has 2 aliphatic heterocycles. The summed E-state index contributed by atoms with van der Waals surface area (Å²) in [7, 11) is 0. The summed E-state index contributed by atoms with van der Waals surface area (Å²) in [6.45, 7) is 1.75. The average Bonchev–Trinajstić information content (AvgIpc) is 3.33. The van der Waals surface area contributed by atoms with Crippen LogP contribution in [0.1, 0.15) is 29.9 Å². The molecule has 0 unspecified atom stereocenters. The third-order valence-electron chi connectivity index (χ3n) is 7.64. The van der Waals surface area contributed by atoms with E-state index in [-0.39, 0.29) is 41.2 Å². The molecule has 2 saturated heterocycles. The van der Waals surface area contributed by atoms with Gasteiger partial charge in [0.2, 0.25) is 5.91 Å². The number of carbonyl (C=O) groups is 1. The molecule has 10 nitrogen and oxygen atoms in total. The average molecular weight is 549 g/mol. The molecule has 0 radical (unpaired) electrons. The van der Waals surface area contributed by atoms with Crippen LogP contribution in [-0.4, -0.2) is 69.9 Å². The van der Waals surface area contributed by atoms with Crippen LogP contribution in [0.15, 0.2) is 41.2 Å². The topological polar surface area (TPSA) is 126 Å². The third-order valence-corrected chi connectivity index (χ3v) is 7.64. The van der Waals surface area contributed by atoms with Gasteiger partial charge in [0, 0.05) is 43.2 Å². The van der Waals surface area contributed by atoms with E-state index in [1.54, 1.807) is 29.2 Å². The second-order valence-corrected chi connectivity index (χ2v) is 10.4. The zero-order valence-corrected chi connectivity index (χ0v) is 21.5. The van der Waals surface area contributed by atoms with Crippen molar-refractivity contribution in [1.82, 2.24) is 24.6 Å². The number of aromatic amines is 1. The highest BCUT2D eigenvalue weighted by Gasteiger charge is 2.45. The van der Waals surface area contributed by atoms with Crippen molar-refractivity contribution >= 4 is 27.7 Å².